The number of nitrogens with one attached hydrogen (secondary N) is 1. The van der Waals surface area contributed by atoms with Crippen LogP contribution in [0.2, 0.25) is 0 Å². The van der Waals surface area contributed by atoms with Crippen LogP contribution in [0.5, 0.6) is 11.5 Å². The zero-order chi connectivity index (χ0) is 24.1. The van der Waals surface area contributed by atoms with Crippen LogP contribution in [0.1, 0.15) is 53.3 Å². The van der Waals surface area contributed by atoms with Crippen LogP contribution in [-0.4, -0.2) is 63.2 Å². The summed E-state index contributed by atoms with van der Waals surface area (Å²) in [5, 5.41) is 3.15. The van der Waals surface area contributed by atoms with Crippen molar-refractivity contribution in [2.24, 2.45) is 5.92 Å². The Morgan fingerprint density at radius 3 is 2.12 bits per heavy atom. The maximum Gasteiger partial charge on any atom is 0.255 e. The van der Waals surface area contributed by atoms with E-state index in [2.05, 4.69) is 17.1 Å². The minimum Gasteiger partial charge on any atom is -0.497 e. The molecule has 0 spiro atoms. The monoisotopic (exact) mass is 465 g/mol. The maximum atomic E-state index is 13.3. The van der Waals surface area contributed by atoms with Gasteiger partial charge in [0.25, 0.3) is 11.8 Å². The molecule has 0 aliphatic carbocycles. The van der Waals surface area contributed by atoms with E-state index < -0.39 is 0 Å². The Morgan fingerprint density at radius 1 is 0.882 bits per heavy atom. The van der Waals surface area contributed by atoms with Crippen LogP contribution in [0.4, 0.5) is 5.69 Å². The number of ether oxygens (including phenoxy) is 2. The van der Waals surface area contributed by atoms with E-state index in [-0.39, 0.29) is 17.9 Å². The Hall–Kier alpha value is -3.22. The standard InChI is InChI=1S/C27H35N3O4/c1-19-8-12-30(13-9-19)27(32)24-6-4-5-7-25(24)29-14-10-21(11-15-29)28-26(31)20-16-22(33-2)18-23(17-20)34-3/h4-7,16-19,21H,8-15H2,1-3H3,(H,28,31). The Bertz CT molecular complexity index is 986. The average molecular weight is 466 g/mol. The number of rotatable bonds is 6. The molecule has 0 aromatic heterocycles. The van der Waals surface area contributed by atoms with Gasteiger partial charge in [0.2, 0.25) is 0 Å². The van der Waals surface area contributed by atoms with Crippen molar-refractivity contribution in [3.63, 3.8) is 0 Å². The molecule has 7 nitrogen and oxygen atoms in total. The molecular formula is C27H35N3O4. The molecule has 2 heterocycles. The van der Waals surface area contributed by atoms with Gasteiger partial charge in [0.05, 0.1) is 19.8 Å². The number of carbonyl (C=O) groups is 2. The predicted molar refractivity (Wildman–Crippen MR) is 133 cm³/mol. The van der Waals surface area contributed by atoms with Crippen molar-refractivity contribution < 1.29 is 19.1 Å². The lowest BCUT2D eigenvalue weighted by atomic mass is 9.98. The number of methoxy groups -OCH3 is 2. The molecule has 182 valence electrons. The van der Waals surface area contributed by atoms with E-state index >= 15 is 0 Å². The highest BCUT2D eigenvalue weighted by Crippen LogP contribution is 2.28. The molecule has 2 aromatic carbocycles. The zero-order valence-corrected chi connectivity index (χ0v) is 20.4. The molecule has 4 rings (SSSR count). The first kappa shape index (κ1) is 23.9. The number of benzene rings is 2. The molecule has 0 unspecified atom stereocenters. The molecule has 0 saturated carbocycles. The fraction of sp³-hybridized carbons (Fsp3) is 0.481. The van der Waals surface area contributed by atoms with Crippen LogP contribution in [0.25, 0.3) is 0 Å². The van der Waals surface area contributed by atoms with Crippen LogP contribution < -0.4 is 19.7 Å². The maximum absolute atomic E-state index is 13.3. The van der Waals surface area contributed by atoms with Crippen molar-refractivity contribution in [1.82, 2.24) is 10.2 Å². The first-order valence-electron chi connectivity index (χ1n) is 12.2. The SMILES string of the molecule is COc1cc(OC)cc(C(=O)NC2CCN(c3ccccc3C(=O)N3CCC(C)CC3)CC2)c1. The molecule has 7 heteroatoms. The van der Waals surface area contributed by atoms with Gasteiger partial charge in [-0.1, -0.05) is 19.1 Å². The summed E-state index contributed by atoms with van der Waals surface area (Å²) >= 11 is 0. The lowest BCUT2D eigenvalue weighted by molar-refractivity contribution is 0.0697. The van der Waals surface area contributed by atoms with Crippen molar-refractivity contribution in [3.8, 4) is 11.5 Å². The van der Waals surface area contributed by atoms with Gasteiger partial charge in [0, 0.05) is 49.5 Å². The van der Waals surface area contributed by atoms with Gasteiger partial charge in [-0.05, 0) is 55.9 Å². The van der Waals surface area contributed by atoms with Gasteiger partial charge in [-0.15, -0.1) is 0 Å². The molecule has 2 aliphatic heterocycles. The van der Waals surface area contributed by atoms with Crippen LogP contribution in [-0.2, 0) is 0 Å². The number of carbonyl (C=O) groups excluding carboxylic acids is 2. The Balaban J connectivity index is 1.38. The van der Waals surface area contributed by atoms with E-state index in [0.29, 0.717) is 23.0 Å². The van der Waals surface area contributed by atoms with Crippen LogP contribution in [0.15, 0.2) is 42.5 Å². The second kappa shape index (κ2) is 10.8. The molecule has 0 atom stereocenters. The summed E-state index contributed by atoms with van der Waals surface area (Å²) in [6.45, 7) is 5.49. The fourth-order valence-electron chi connectivity index (χ4n) is 4.78. The topological polar surface area (TPSA) is 71.1 Å². The van der Waals surface area contributed by atoms with E-state index in [1.54, 1.807) is 32.4 Å². The Labute approximate surface area is 202 Å². The summed E-state index contributed by atoms with van der Waals surface area (Å²) < 4.78 is 10.6. The summed E-state index contributed by atoms with van der Waals surface area (Å²) in [6, 6.07) is 13.2. The molecule has 2 aromatic rings. The first-order chi connectivity index (χ1) is 16.5. The summed E-state index contributed by atoms with van der Waals surface area (Å²) in [7, 11) is 3.14. The van der Waals surface area contributed by atoms with Crippen molar-refractivity contribution >= 4 is 17.5 Å². The third kappa shape index (κ3) is 5.46. The number of hydrogen-bond acceptors (Lipinski definition) is 5. The molecule has 0 radical (unpaired) electrons. The van der Waals surface area contributed by atoms with Crippen LogP contribution >= 0.6 is 0 Å². The van der Waals surface area contributed by atoms with E-state index in [0.717, 1.165) is 63.1 Å². The lowest BCUT2D eigenvalue weighted by Gasteiger charge is -2.36. The quantitative estimate of drug-likeness (QED) is 0.699. The first-order valence-corrected chi connectivity index (χ1v) is 12.2. The lowest BCUT2D eigenvalue weighted by Crippen LogP contribution is -2.45. The van der Waals surface area contributed by atoms with Crippen LogP contribution in [0, 0.1) is 5.92 Å². The highest BCUT2D eigenvalue weighted by molar-refractivity contribution is 6.00. The third-order valence-corrected chi connectivity index (χ3v) is 6.99. The number of anilines is 1. The van der Waals surface area contributed by atoms with Crippen molar-refractivity contribution in [2.45, 2.75) is 38.6 Å². The molecule has 0 bridgehead atoms. The second-order valence-corrected chi connectivity index (χ2v) is 9.33. The van der Waals surface area contributed by atoms with Crippen LogP contribution in [0.3, 0.4) is 0 Å². The summed E-state index contributed by atoms with van der Waals surface area (Å²) in [6.07, 6.45) is 3.77. The van der Waals surface area contributed by atoms with Crippen molar-refractivity contribution in [3.05, 3.63) is 53.6 Å². The number of hydrogen-bond donors (Lipinski definition) is 1. The molecule has 2 aliphatic rings. The van der Waals surface area contributed by atoms with Crippen molar-refractivity contribution in [2.75, 3.05) is 45.3 Å². The summed E-state index contributed by atoms with van der Waals surface area (Å²) in [5.41, 5.74) is 2.29. The van der Waals surface area contributed by atoms with Gasteiger partial charge in [-0.2, -0.15) is 0 Å². The van der Waals surface area contributed by atoms with E-state index in [1.165, 1.54) is 0 Å². The smallest absolute Gasteiger partial charge is 0.255 e. The van der Waals surface area contributed by atoms with Gasteiger partial charge in [-0.25, -0.2) is 0 Å². The normalized spacial score (nSPS) is 17.4. The minimum absolute atomic E-state index is 0.0763. The van der Waals surface area contributed by atoms with Gasteiger partial charge in [0.15, 0.2) is 0 Å². The molecular weight excluding hydrogens is 430 g/mol. The van der Waals surface area contributed by atoms with Gasteiger partial charge >= 0.3 is 0 Å². The molecule has 2 fully saturated rings. The fourth-order valence-corrected chi connectivity index (χ4v) is 4.78. The van der Waals surface area contributed by atoms with Gasteiger partial charge < -0.3 is 24.6 Å². The number of para-hydroxylation sites is 1. The van der Waals surface area contributed by atoms with Crippen molar-refractivity contribution in [1.29, 1.82) is 0 Å². The number of nitrogens with zero attached hydrogens (tertiary/aromatic N) is 2. The molecule has 2 saturated heterocycles. The van der Waals surface area contributed by atoms with E-state index in [4.69, 9.17) is 9.47 Å². The number of amides is 2. The Kier molecular flexibility index (Phi) is 7.60. The summed E-state index contributed by atoms with van der Waals surface area (Å²) in [5.74, 6) is 1.86. The predicted octanol–water partition coefficient (Wildman–Crippen LogP) is 3.97. The minimum atomic E-state index is -0.134. The van der Waals surface area contributed by atoms with E-state index in [1.807, 2.05) is 29.2 Å². The number of likely N-dealkylation sites (tertiary alicyclic amines) is 1. The van der Waals surface area contributed by atoms with Gasteiger partial charge in [-0.3, -0.25) is 9.59 Å². The Morgan fingerprint density at radius 2 is 1.50 bits per heavy atom. The van der Waals surface area contributed by atoms with E-state index in [9.17, 15) is 9.59 Å². The second-order valence-electron chi connectivity index (χ2n) is 9.33. The third-order valence-electron chi connectivity index (χ3n) is 6.99. The zero-order valence-electron chi connectivity index (χ0n) is 20.4. The largest absolute Gasteiger partial charge is 0.497 e. The summed E-state index contributed by atoms with van der Waals surface area (Å²) in [4.78, 5) is 30.4. The number of piperidine rings is 2. The molecule has 34 heavy (non-hydrogen) atoms. The molecule has 2 amide bonds. The highest BCUT2D eigenvalue weighted by atomic mass is 16.5. The highest BCUT2D eigenvalue weighted by Gasteiger charge is 2.27. The van der Waals surface area contributed by atoms with Gasteiger partial charge in [0.1, 0.15) is 11.5 Å². The average Bonchev–Trinajstić information content (AvgIpc) is 2.88. The molecule has 1 N–H and O–H groups in total.